The van der Waals surface area contributed by atoms with Gasteiger partial charge in [-0.3, -0.25) is 0 Å². The van der Waals surface area contributed by atoms with E-state index in [1.54, 1.807) is 25.1 Å². The van der Waals surface area contributed by atoms with Crippen molar-refractivity contribution < 1.29 is 8.42 Å². The number of sulfonamides is 1. The van der Waals surface area contributed by atoms with E-state index in [0.717, 1.165) is 4.90 Å². The fraction of sp³-hybridized carbons (Fsp3) is 0.400. The van der Waals surface area contributed by atoms with E-state index < -0.39 is 10.0 Å². The molecule has 0 unspecified atom stereocenters. The van der Waals surface area contributed by atoms with Crippen molar-refractivity contribution in [2.24, 2.45) is 5.73 Å². The van der Waals surface area contributed by atoms with Crippen LogP contribution in [0.15, 0.2) is 34.1 Å². The Morgan fingerprint density at radius 2 is 2.12 bits per heavy atom. The maximum atomic E-state index is 11.9. The van der Waals surface area contributed by atoms with Gasteiger partial charge in [0, 0.05) is 17.5 Å². The highest BCUT2D eigenvalue weighted by Gasteiger charge is 2.16. The Labute approximate surface area is 113 Å². The van der Waals surface area contributed by atoms with Crippen LogP contribution >= 0.6 is 24.2 Å². The zero-order valence-corrected chi connectivity index (χ0v) is 12.2. The first-order chi connectivity index (χ1) is 7.49. The lowest BCUT2D eigenvalue weighted by Gasteiger charge is -2.12. The van der Waals surface area contributed by atoms with Crippen molar-refractivity contribution in [1.29, 1.82) is 0 Å². The highest BCUT2D eigenvalue weighted by atomic mass is 35.5. The van der Waals surface area contributed by atoms with Gasteiger partial charge in [0.05, 0.1) is 4.90 Å². The molecule has 0 amide bonds. The summed E-state index contributed by atoms with van der Waals surface area (Å²) in [5, 5.41) is 0. The van der Waals surface area contributed by atoms with Gasteiger partial charge in [0.1, 0.15) is 0 Å². The van der Waals surface area contributed by atoms with E-state index in [1.807, 2.05) is 12.3 Å². The molecule has 0 aliphatic carbocycles. The Bertz CT molecular complexity index is 451. The van der Waals surface area contributed by atoms with Crippen molar-refractivity contribution in [3.8, 4) is 0 Å². The lowest BCUT2D eigenvalue weighted by molar-refractivity contribution is 0.562. The van der Waals surface area contributed by atoms with Crippen LogP contribution in [0.1, 0.15) is 6.92 Å². The molecule has 0 aliphatic rings. The molecule has 3 N–H and O–H groups in total. The quantitative estimate of drug-likeness (QED) is 0.807. The number of halogens is 1. The predicted octanol–water partition coefficient (Wildman–Crippen LogP) is 1.46. The van der Waals surface area contributed by atoms with E-state index in [0.29, 0.717) is 0 Å². The number of nitrogens with one attached hydrogen (secondary N) is 1. The summed E-state index contributed by atoms with van der Waals surface area (Å²) in [7, 11) is -3.45. The Morgan fingerprint density at radius 3 is 2.65 bits per heavy atom. The lowest BCUT2D eigenvalue weighted by Crippen LogP contribution is -2.37. The van der Waals surface area contributed by atoms with Gasteiger partial charge in [-0.25, -0.2) is 13.1 Å². The van der Waals surface area contributed by atoms with Gasteiger partial charge in [-0.05, 0) is 31.4 Å². The van der Waals surface area contributed by atoms with Crippen molar-refractivity contribution in [1.82, 2.24) is 4.72 Å². The fourth-order valence-corrected chi connectivity index (χ4v) is 2.99. The molecule has 0 aromatic heterocycles. The molecule has 1 aromatic carbocycles. The Morgan fingerprint density at radius 1 is 1.47 bits per heavy atom. The molecule has 17 heavy (non-hydrogen) atoms. The van der Waals surface area contributed by atoms with Gasteiger partial charge in [0.2, 0.25) is 10.0 Å². The summed E-state index contributed by atoms with van der Waals surface area (Å²) in [4.78, 5) is 1.20. The van der Waals surface area contributed by atoms with Crippen LogP contribution in [-0.2, 0) is 10.0 Å². The largest absolute Gasteiger partial charge is 0.329 e. The van der Waals surface area contributed by atoms with Crippen LogP contribution in [0, 0.1) is 0 Å². The van der Waals surface area contributed by atoms with Gasteiger partial charge in [-0.2, -0.15) is 0 Å². The summed E-state index contributed by atoms with van der Waals surface area (Å²) < 4.78 is 26.3. The van der Waals surface area contributed by atoms with Crippen LogP contribution in [0.4, 0.5) is 0 Å². The van der Waals surface area contributed by atoms with Gasteiger partial charge in [0.15, 0.2) is 0 Å². The Hall–Kier alpha value is -0.270. The summed E-state index contributed by atoms with van der Waals surface area (Å²) in [6.45, 7) is 2.01. The second-order valence-electron chi connectivity index (χ2n) is 3.44. The Kier molecular flexibility index (Phi) is 7.11. The van der Waals surface area contributed by atoms with E-state index in [-0.39, 0.29) is 29.9 Å². The molecule has 0 aliphatic heterocycles. The third kappa shape index (κ3) is 4.85. The third-order valence-corrected chi connectivity index (χ3v) is 4.37. The van der Waals surface area contributed by atoms with Crippen LogP contribution in [-0.4, -0.2) is 27.3 Å². The average molecular weight is 297 g/mol. The molecule has 0 fully saturated rings. The minimum absolute atomic E-state index is 0. The smallest absolute Gasteiger partial charge is 0.240 e. The van der Waals surface area contributed by atoms with Crippen molar-refractivity contribution in [2.75, 3.05) is 12.8 Å². The van der Waals surface area contributed by atoms with Gasteiger partial charge >= 0.3 is 0 Å². The Balaban J connectivity index is 0.00000256. The summed E-state index contributed by atoms with van der Waals surface area (Å²) in [6, 6.07) is 6.56. The van der Waals surface area contributed by atoms with E-state index in [2.05, 4.69) is 4.72 Å². The van der Waals surface area contributed by atoms with Gasteiger partial charge in [-0.15, -0.1) is 24.2 Å². The van der Waals surface area contributed by atoms with E-state index in [9.17, 15) is 8.42 Å². The molecule has 98 valence electrons. The molecule has 0 saturated heterocycles. The molecule has 0 radical (unpaired) electrons. The summed E-state index contributed by atoms with van der Waals surface area (Å²) >= 11 is 1.51. The minimum Gasteiger partial charge on any atom is -0.329 e. The first kappa shape index (κ1) is 16.7. The van der Waals surface area contributed by atoms with Gasteiger partial charge in [-0.1, -0.05) is 6.07 Å². The van der Waals surface area contributed by atoms with Crippen molar-refractivity contribution in [3.63, 3.8) is 0 Å². The fourth-order valence-electron chi connectivity index (χ4n) is 1.15. The highest BCUT2D eigenvalue weighted by Crippen LogP contribution is 2.18. The van der Waals surface area contributed by atoms with Crippen LogP contribution in [0.25, 0.3) is 0 Å². The SMILES string of the molecule is CSc1cccc(S(=O)(=O)N[C@H](C)CN)c1.Cl. The number of hydrogen-bond acceptors (Lipinski definition) is 4. The molecular weight excluding hydrogens is 280 g/mol. The van der Waals surface area contributed by atoms with E-state index >= 15 is 0 Å². The predicted molar refractivity (Wildman–Crippen MR) is 74.3 cm³/mol. The molecule has 0 saturated carbocycles. The maximum absolute atomic E-state index is 11.9. The van der Waals surface area contributed by atoms with Crippen molar-refractivity contribution in [3.05, 3.63) is 24.3 Å². The number of hydrogen-bond donors (Lipinski definition) is 2. The first-order valence-electron chi connectivity index (χ1n) is 4.86. The zero-order chi connectivity index (χ0) is 12.2. The summed E-state index contributed by atoms with van der Waals surface area (Å²) in [6.07, 6.45) is 1.90. The monoisotopic (exact) mass is 296 g/mol. The normalized spacial score (nSPS) is 12.9. The van der Waals surface area contributed by atoms with Crippen LogP contribution in [0.3, 0.4) is 0 Å². The standard InChI is InChI=1S/C10H16N2O2S2.ClH/c1-8(7-11)12-16(13,14)10-5-3-4-9(6-10)15-2;/h3-6,8,12H,7,11H2,1-2H3;1H/t8-;/m1./s1. The second kappa shape index (κ2) is 7.23. The van der Waals surface area contributed by atoms with Gasteiger partial charge in [0.25, 0.3) is 0 Å². The van der Waals surface area contributed by atoms with Crippen LogP contribution < -0.4 is 10.5 Å². The number of nitrogens with two attached hydrogens (primary N) is 1. The lowest BCUT2D eigenvalue weighted by atomic mass is 10.4. The molecular formula is C10H17ClN2O2S2. The molecule has 0 spiro atoms. The molecule has 1 atom stereocenters. The maximum Gasteiger partial charge on any atom is 0.240 e. The van der Waals surface area contributed by atoms with E-state index in [4.69, 9.17) is 5.73 Å². The van der Waals surface area contributed by atoms with Crippen LogP contribution in [0.5, 0.6) is 0 Å². The zero-order valence-electron chi connectivity index (χ0n) is 9.71. The number of rotatable bonds is 5. The number of benzene rings is 1. The topological polar surface area (TPSA) is 72.2 Å². The molecule has 1 aromatic rings. The first-order valence-corrected chi connectivity index (χ1v) is 7.57. The summed E-state index contributed by atoms with van der Waals surface area (Å²) in [5.74, 6) is 0. The molecule has 4 nitrogen and oxygen atoms in total. The minimum atomic E-state index is -3.45. The third-order valence-electron chi connectivity index (χ3n) is 2.06. The average Bonchev–Trinajstić information content (AvgIpc) is 2.28. The molecule has 7 heteroatoms. The highest BCUT2D eigenvalue weighted by molar-refractivity contribution is 7.98. The summed E-state index contributed by atoms with van der Waals surface area (Å²) in [5.41, 5.74) is 5.38. The van der Waals surface area contributed by atoms with Gasteiger partial charge < -0.3 is 5.73 Å². The van der Waals surface area contributed by atoms with Crippen LogP contribution in [0.2, 0.25) is 0 Å². The van der Waals surface area contributed by atoms with E-state index in [1.165, 1.54) is 11.8 Å². The van der Waals surface area contributed by atoms with Crippen molar-refractivity contribution in [2.45, 2.75) is 22.8 Å². The molecule has 0 bridgehead atoms. The second-order valence-corrected chi connectivity index (χ2v) is 6.03. The number of thioether (sulfide) groups is 1. The molecule has 1 rings (SSSR count). The van der Waals surface area contributed by atoms with Crippen molar-refractivity contribution >= 4 is 34.2 Å². The molecule has 0 heterocycles.